The maximum absolute atomic E-state index is 9.70. The zero-order chi connectivity index (χ0) is 10.4. The molecule has 0 radical (unpaired) electrons. The van der Waals surface area contributed by atoms with Gasteiger partial charge in [-0.15, -0.1) is 11.8 Å². The molecule has 0 saturated carbocycles. The first-order valence-electron chi connectivity index (χ1n) is 5.58. The van der Waals surface area contributed by atoms with Gasteiger partial charge in [-0.05, 0) is 25.7 Å². The molecule has 80 valence electrons. The van der Waals surface area contributed by atoms with E-state index in [0.717, 1.165) is 38.9 Å². The van der Waals surface area contributed by atoms with Crippen molar-refractivity contribution < 1.29 is 5.11 Å². The molecule has 1 rings (SSSR count). The number of hydrogen-bond donors (Lipinski definition) is 1. The first kappa shape index (κ1) is 11.6. The minimum atomic E-state index is -0.0755. The van der Waals surface area contributed by atoms with Gasteiger partial charge in [-0.25, -0.2) is 0 Å². The summed E-state index contributed by atoms with van der Waals surface area (Å²) in [7, 11) is 0. The average molecular weight is 195 g/mol. The highest BCUT2D eigenvalue weighted by Crippen LogP contribution is 2.19. The summed E-state index contributed by atoms with van der Waals surface area (Å²) < 4.78 is 0. The predicted molar refractivity (Wildman–Crippen MR) is 58.9 cm³/mol. The van der Waals surface area contributed by atoms with Gasteiger partial charge < -0.3 is 10.0 Å². The number of aliphatic hydroxyl groups is 1. The summed E-state index contributed by atoms with van der Waals surface area (Å²) in [5.41, 5.74) is 0. The maximum atomic E-state index is 9.70. The summed E-state index contributed by atoms with van der Waals surface area (Å²) in [6.07, 6.45) is 2.89. The summed E-state index contributed by atoms with van der Waals surface area (Å²) in [6, 6.07) is 0. The molecule has 2 unspecified atom stereocenters. The van der Waals surface area contributed by atoms with Crippen LogP contribution in [0, 0.1) is 17.8 Å². The van der Waals surface area contributed by atoms with Crippen molar-refractivity contribution in [1.82, 2.24) is 4.90 Å². The van der Waals surface area contributed by atoms with E-state index in [4.69, 9.17) is 0 Å². The first-order valence-corrected chi connectivity index (χ1v) is 5.58. The molecule has 1 aliphatic heterocycles. The third-order valence-corrected chi connectivity index (χ3v) is 3.03. The van der Waals surface area contributed by atoms with E-state index in [1.807, 2.05) is 6.92 Å². The molecule has 0 aliphatic carbocycles. The van der Waals surface area contributed by atoms with Crippen molar-refractivity contribution in [2.45, 2.75) is 39.2 Å². The molecule has 2 heteroatoms. The predicted octanol–water partition coefficient (Wildman–Crippen LogP) is 1.49. The monoisotopic (exact) mass is 195 g/mol. The Hall–Kier alpha value is -0.520. The standard InChI is InChI=1S/C12H21NO/c1-3-5-6-8-13-9-7-12(14)11(4-2)10-13/h11-12,14H,4,6-10H2,1-2H3. The van der Waals surface area contributed by atoms with Gasteiger partial charge in [0.1, 0.15) is 0 Å². The van der Waals surface area contributed by atoms with Gasteiger partial charge in [-0.2, -0.15) is 0 Å². The van der Waals surface area contributed by atoms with Crippen LogP contribution in [-0.4, -0.2) is 35.7 Å². The molecule has 14 heavy (non-hydrogen) atoms. The fourth-order valence-corrected chi connectivity index (χ4v) is 2.04. The molecule has 1 aliphatic rings. The molecule has 1 N–H and O–H groups in total. The number of aliphatic hydroxyl groups excluding tert-OH is 1. The van der Waals surface area contributed by atoms with E-state index in [9.17, 15) is 5.11 Å². The SMILES string of the molecule is CC#CCCN1CCC(O)C(CC)C1. The molecule has 0 amide bonds. The summed E-state index contributed by atoms with van der Waals surface area (Å²) >= 11 is 0. The largest absolute Gasteiger partial charge is 0.393 e. The van der Waals surface area contributed by atoms with Crippen LogP contribution in [0.15, 0.2) is 0 Å². The average Bonchev–Trinajstić information content (AvgIpc) is 2.21. The molecule has 0 spiro atoms. The van der Waals surface area contributed by atoms with E-state index in [0.29, 0.717) is 5.92 Å². The van der Waals surface area contributed by atoms with Crippen molar-refractivity contribution >= 4 is 0 Å². The first-order chi connectivity index (χ1) is 6.77. The summed E-state index contributed by atoms with van der Waals surface area (Å²) in [5.74, 6) is 6.47. The second-order valence-electron chi connectivity index (χ2n) is 4.00. The van der Waals surface area contributed by atoms with Gasteiger partial charge >= 0.3 is 0 Å². The number of piperidine rings is 1. The van der Waals surface area contributed by atoms with Crippen LogP contribution in [0.4, 0.5) is 0 Å². The zero-order valence-corrected chi connectivity index (χ0v) is 9.29. The summed E-state index contributed by atoms with van der Waals surface area (Å²) in [6.45, 7) is 7.17. The quantitative estimate of drug-likeness (QED) is 0.690. The molecule has 1 saturated heterocycles. The van der Waals surface area contributed by atoms with Crippen LogP contribution in [0.25, 0.3) is 0 Å². The highest BCUT2D eigenvalue weighted by Gasteiger charge is 2.25. The minimum absolute atomic E-state index is 0.0755. The molecular formula is C12H21NO. The third-order valence-electron chi connectivity index (χ3n) is 3.03. The van der Waals surface area contributed by atoms with Crippen LogP contribution in [0.3, 0.4) is 0 Å². The number of hydrogen-bond acceptors (Lipinski definition) is 2. The molecule has 1 fully saturated rings. The lowest BCUT2D eigenvalue weighted by Crippen LogP contribution is -2.43. The summed E-state index contributed by atoms with van der Waals surface area (Å²) in [4.78, 5) is 2.42. The second kappa shape index (κ2) is 6.06. The van der Waals surface area contributed by atoms with Gasteiger partial charge in [0, 0.05) is 26.1 Å². The van der Waals surface area contributed by atoms with Crippen molar-refractivity contribution in [1.29, 1.82) is 0 Å². The van der Waals surface area contributed by atoms with Gasteiger partial charge in [0.2, 0.25) is 0 Å². The fraction of sp³-hybridized carbons (Fsp3) is 0.833. The minimum Gasteiger partial charge on any atom is -0.393 e. The molecule has 0 bridgehead atoms. The van der Waals surface area contributed by atoms with Crippen molar-refractivity contribution in [2.75, 3.05) is 19.6 Å². The van der Waals surface area contributed by atoms with E-state index in [2.05, 4.69) is 23.7 Å². The van der Waals surface area contributed by atoms with Gasteiger partial charge in [0.15, 0.2) is 0 Å². The number of rotatable bonds is 3. The van der Waals surface area contributed by atoms with E-state index >= 15 is 0 Å². The maximum Gasteiger partial charge on any atom is 0.0592 e. The lowest BCUT2D eigenvalue weighted by atomic mass is 9.92. The smallest absolute Gasteiger partial charge is 0.0592 e. The van der Waals surface area contributed by atoms with E-state index in [1.54, 1.807) is 0 Å². The molecule has 0 aromatic heterocycles. The number of likely N-dealkylation sites (tertiary alicyclic amines) is 1. The highest BCUT2D eigenvalue weighted by molar-refractivity contribution is 4.95. The Kier molecular flexibility index (Phi) is 5.00. The number of nitrogens with zero attached hydrogens (tertiary/aromatic N) is 1. The van der Waals surface area contributed by atoms with Crippen molar-refractivity contribution in [3.63, 3.8) is 0 Å². The van der Waals surface area contributed by atoms with Gasteiger partial charge in [0.25, 0.3) is 0 Å². The van der Waals surface area contributed by atoms with Crippen LogP contribution in [0.5, 0.6) is 0 Å². The Morgan fingerprint density at radius 2 is 2.29 bits per heavy atom. The fourth-order valence-electron chi connectivity index (χ4n) is 2.04. The van der Waals surface area contributed by atoms with Crippen LogP contribution in [0.2, 0.25) is 0 Å². The van der Waals surface area contributed by atoms with Crippen LogP contribution < -0.4 is 0 Å². The molecule has 2 atom stereocenters. The van der Waals surface area contributed by atoms with Gasteiger partial charge in [-0.1, -0.05) is 6.92 Å². The Morgan fingerprint density at radius 3 is 2.93 bits per heavy atom. The van der Waals surface area contributed by atoms with Gasteiger partial charge in [-0.3, -0.25) is 0 Å². The molecular weight excluding hydrogens is 174 g/mol. The normalized spacial score (nSPS) is 28.2. The van der Waals surface area contributed by atoms with Crippen LogP contribution in [-0.2, 0) is 0 Å². The van der Waals surface area contributed by atoms with Crippen LogP contribution >= 0.6 is 0 Å². The topological polar surface area (TPSA) is 23.5 Å². The van der Waals surface area contributed by atoms with E-state index in [1.165, 1.54) is 0 Å². The lowest BCUT2D eigenvalue weighted by Gasteiger charge is -2.35. The second-order valence-corrected chi connectivity index (χ2v) is 4.00. The van der Waals surface area contributed by atoms with E-state index in [-0.39, 0.29) is 6.10 Å². The van der Waals surface area contributed by atoms with E-state index < -0.39 is 0 Å². The van der Waals surface area contributed by atoms with Crippen molar-refractivity contribution in [3.8, 4) is 11.8 Å². The zero-order valence-electron chi connectivity index (χ0n) is 9.29. The van der Waals surface area contributed by atoms with Gasteiger partial charge in [0.05, 0.1) is 6.10 Å². The molecule has 0 aromatic rings. The third kappa shape index (κ3) is 3.32. The van der Waals surface area contributed by atoms with Crippen molar-refractivity contribution in [3.05, 3.63) is 0 Å². The molecule has 2 nitrogen and oxygen atoms in total. The Labute approximate surface area is 87.3 Å². The summed E-state index contributed by atoms with van der Waals surface area (Å²) in [5, 5.41) is 9.70. The highest BCUT2D eigenvalue weighted by atomic mass is 16.3. The molecule has 0 aromatic carbocycles. The van der Waals surface area contributed by atoms with Crippen LogP contribution in [0.1, 0.15) is 33.1 Å². The Balaban J connectivity index is 2.30. The molecule has 1 heterocycles. The van der Waals surface area contributed by atoms with Crippen molar-refractivity contribution in [2.24, 2.45) is 5.92 Å². The Bertz CT molecular complexity index is 216. The Morgan fingerprint density at radius 1 is 1.50 bits per heavy atom. The lowest BCUT2D eigenvalue weighted by molar-refractivity contribution is 0.0260.